The van der Waals surface area contributed by atoms with Crippen molar-refractivity contribution in [2.75, 3.05) is 13.2 Å². The lowest BCUT2D eigenvalue weighted by Gasteiger charge is -2.16. The summed E-state index contributed by atoms with van der Waals surface area (Å²) < 4.78 is 14.0. The number of benzene rings is 1. The predicted octanol–water partition coefficient (Wildman–Crippen LogP) is 5.75. The standard InChI is InChI=1S/C16H24I2O2/c1-5-11(3)9-19-15-7-14(18)16(8-13(15)17)20-10-12(4)6-2/h7-8,11-12H,5-6,9-10H2,1-4H3. The first-order valence-electron chi connectivity index (χ1n) is 7.22. The second-order valence-corrected chi connectivity index (χ2v) is 7.69. The fourth-order valence-corrected chi connectivity index (χ4v) is 2.62. The Kier molecular flexibility index (Phi) is 8.55. The van der Waals surface area contributed by atoms with Crippen molar-refractivity contribution < 1.29 is 9.47 Å². The normalized spacial score (nSPS) is 13.9. The Hall–Kier alpha value is 0.280. The van der Waals surface area contributed by atoms with Crippen LogP contribution in [0.3, 0.4) is 0 Å². The highest BCUT2D eigenvalue weighted by Crippen LogP contribution is 2.32. The van der Waals surface area contributed by atoms with E-state index in [9.17, 15) is 0 Å². The van der Waals surface area contributed by atoms with E-state index in [0.29, 0.717) is 11.8 Å². The largest absolute Gasteiger partial charge is 0.492 e. The van der Waals surface area contributed by atoms with Crippen LogP contribution in [0, 0.1) is 19.0 Å². The van der Waals surface area contributed by atoms with Crippen LogP contribution in [-0.2, 0) is 0 Å². The molecule has 2 atom stereocenters. The van der Waals surface area contributed by atoms with Crippen molar-refractivity contribution in [1.29, 1.82) is 0 Å². The molecule has 1 rings (SSSR count). The second-order valence-electron chi connectivity index (χ2n) is 5.36. The van der Waals surface area contributed by atoms with E-state index in [1.807, 2.05) is 0 Å². The summed E-state index contributed by atoms with van der Waals surface area (Å²) in [7, 11) is 0. The summed E-state index contributed by atoms with van der Waals surface area (Å²) >= 11 is 4.64. The van der Waals surface area contributed by atoms with E-state index in [4.69, 9.17) is 9.47 Å². The van der Waals surface area contributed by atoms with Gasteiger partial charge in [0.1, 0.15) is 11.5 Å². The highest BCUT2D eigenvalue weighted by Gasteiger charge is 2.11. The molecule has 0 aliphatic carbocycles. The summed E-state index contributed by atoms with van der Waals surface area (Å²) in [6.45, 7) is 10.3. The molecule has 0 heterocycles. The Morgan fingerprint density at radius 3 is 1.50 bits per heavy atom. The van der Waals surface area contributed by atoms with Gasteiger partial charge < -0.3 is 9.47 Å². The van der Waals surface area contributed by atoms with Crippen molar-refractivity contribution >= 4 is 45.2 Å². The molecule has 0 amide bonds. The summed E-state index contributed by atoms with van der Waals surface area (Å²) in [4.78, 5) is 0. The maximum Gasteiger partial charge on any atom is 0.133 e. The van der Waals surface area contributed by atoms with E-state index < -0.39 is 0 Å². The summed E-state index contributed by atoms with van der Waals surface area (Å²) in [6.07, 6.45) is 2.29. The van der Waals surface area contributed by atoms with Crippen LogP contribution in [0.5, 0.6) is 11.5 Å². The van der Waals surface area contributed by atoms with Gasteiger partial charge in [0.05, 0.1) is 20.4 Å². The van der Waals surface area contributed by atoms with Gasteiger partial charge in [-0.3, -0.25) is 0 Å². The minimum absolute atomic E-state index is 0.588. The molecule has 0 N–H and O–H groups in total. The van der Waals surface area contributed by atoms with Crippen LogP contribution in [0.2, 0.25) is 0 Å². The molecule has 114 valence electrons. The zero-order valence-corrected chi connectivity index (χ0v) is 17.0. The molecule has 0 aromatic heterocycles. The van der Waals surface area contributed by atoms with Gasteiger partial charge in [0, 0.05) is 0 Å². The van der Waals surface area contributed by atoms with Gasteiger partial charge >= 0.3 is 0 Å². The maximum absolute atomic E-state index is 5.90. The summed E-state index contributed by atoms with van der Waals surface area (Å²) in [6, 6.07) is 4.16. The molecule has 0 aliphatic rings. The topological polar surface area (TPSA) is 18.5 Å². The van der Waals surface area contributed by atoms with Crippen molar-refractivity contribution in [2.45, 2.75) is 40.5 Å². The molecule has 0 saturated heterocycles. The van der Waals surface area contributed by atoms with Gasteiger partial charge in [-0.05, 0) is 69.2 Å². The van der Waals surface area contributed by atoms with Crippen molar-refractivity contribution in [3.63, 3.8) is 0 Å². The van der Waals surface area contributed by atoms with E-state index >= 15 is 0 Å². The zero-order valence-electron chi connectivity index (χ0n) is 12.7. The van der Waals surface area contributed by atoms with E-state index in [2.05, 4.69) is 85.0 Å². The van der Waals surface area contributed by atoms with Gasteiger partial charge in [-0.2, -0.15) is 0 Å². The Morgan fingerprint density at radius 1 is 0.850 bits per heavy atom. The minimum atomic E-state index is 0.588. The third-order valence-electron chi connectivity index (χ3n) is 3.43. The number of ether oxygens (including phenoxy) is 2. The lowest BCUT2D eigenvalue weighted by Crippen LogP contribution is -2.10. The molecule has 1 aromatic carbocycles. The molecular formula is C16H24I2O2. The molecule has 1 aromatic rings. The molecule has 0 saturated carbocycles. The molecule has 4 heteroatoms. The first-order valence-corrected chi connectivity index (χ1v) is 9.38. The average molecular weight is 502 g/mol. The highest BCUT2D eigenvalue weighted by atomic mass is 127. The van der Waals surface area contributed by atoms with Crippen molar-refractivity contribution in [3.8, 4) is 11.5 Å². The molecular weight excluding hydrogens is 478 g/mol. The van der Waals surface area contributed by atoms with E-state index in [1.165, 1.54) is 0 Å². The SMILES string of the molecule is CCC(C)COc1cc(I)c(OCC(C)CC)cc1I. The second kappa shape index (κ2) is 9.33. The molecule has 20 heavy (non-hydrogen) atoms. The highest BCUT2D eigenvalue weighted by molar-refractivity contribution is 14.1. The molecule has 2 nitrogen and oxygen atoms in total. The van der Waals surface area contributed by atoms with Gasteiger partial charge in [-0.25, -0.2) is 0 Å². The number of hydrogen-bond donors (Lipinski definition) is 0. The predicted molar refractivity (Wildman–Crippen MR) is 102 cm³/mol. The number of halogens is 2. The molecule has 0 spiro atoms. The molecule has 0 radical (unpaired) electrons. The van der Waals surface area contributed by atoms with Crippen LogP contribution in [0.1, 0.15) is 40.5 Å². The number of rotatable bonds is 8. The van der Waals surface area contributed by atoms with Crippen molar-refractivity contribution in [2.24, 2.45) is 11.8 Å². The quantitative estimate of drug-likeness (QED) is 0.422. The van der Waals surface area contributed by atoms with Crippen molar-refractivity contribution in [3.05, 3.63) is 19.3 Å². The molecule has 2 unspecified atom stereocenters. The minimum Gasteiger partial charge on any atom is -0.492 e. The third-order valence-corrected chi connectivity index (χ3v) is 5.11. The van der Waals surface area contributed by atoms with Gasteiger partial charge in [0.15, 0.2) is 0 Å². The fourth-order valence-electron chi connectivity index (χ4n) is 1.43. The molecule has 0 fully saturated rings. The van der Waals surface area contributed by atoms with Crippen LogP contribution in [0.25, 0.3) is 0 Å². The molecule has 0 bridgehead atoms. The van der Waals surface area contributed by atoms with Crippen LogP contribution in [0.4, 0.5) is 0 Å². The van der Waals surface area contributed by atoms with Crippen LogP contribution in [0.15, 0.2) is 12.1 Å². The Labute approximate surface area is 150 Å². The lowest BCUT2D eigenvalue weighted by molar-refractivity contribution is 0.247. The maximum atomic E-state index is 5.90. The smallest absolute Gasteiger partial charge is 0.133 e. The Bertz CT molecular complexity index is 381. The van der Waals surface area contributed by atoms with Crippen LogP contribution in [-0.4, -0.2) is 13.2 Å². The lowest BCUT2D eigenvalue weighted by atomic mass is 10.1. The van der Waals surface area contributed by atoms with Crippen LogP contribution < -0.4 is 9.47 Å². The van der Waals surface area contributed by atoms with E-state index in [1.54, 1.807) is 0 Å². The molecule has 0 aliphatic heterocycles. The van der Waals surface area contributed by atoms with Gasteiger partial charge in [-0.15, -0.1) is 0 Å². The van der Waals surface area contributed by atoms with E-state index in [0.717, 1.165) is 44.7 Å². The van der Waals surface area contributed by atoms with Crippen molar-refractivity contribution in [1.82, 2.24) is 0 Å². The zero-order chi connectivity index (χ0) is 15.1. The summed E-state index contributed by atoms with van der Waals surface area (Å²) in [5.41, 5.74) is 0. The first-order chi connectivity index (χ1) is 9.47. The monoisotopic (exact) mass is 502 g/mol. The van der Waals surface area contributed by atoms with Gasteiger partial charge in [0.2, 0.25) is 0 Å². The summed E-state index contributed by atoms with van der Waals surface area (Å²) in [5.74, 6) is 3.10. The van der Waals surface area contributed by atoms with Gasteiger partial charge in [0.25, 0.3) is 0 Å². The van der Waals surface area contributed by atoms with Gasteiger partial charge in [-0.1, -0.05) is 40.5 Å². The Balaban J connectivity index is 2.70. The average Bonchev–Trinajstić information content (AvgIpc) is 2.45. The van der Waals surface area contributed by atoms with E-state index in [-0.39, 0.29) is 0 Å². The summed E-state index contributed by atoms with van der Waals surface area (Å²) in [5, 5.41) is 0. The Morgan fingerprint density at radius 2 is 1.20 bits per heavy atom. The fraction of sp³-hybridized carbons (Fsp3) is 0.625. The van der Waals surface area contributed by atoms with Crippen LogP contribution >= 0.6 is 45.2 Å². The third kappa shape index (κ3) is 5.95. The first kappa shape index (κ1) is 18.3. The number of hydrogen-bond acceptors (Lipinski definition) is 2.